The third kappa shape index (κ3) is 4.52. The number of nitrogens with one attached hydrogen (secondary N) is 1. The van der Waals surface area contributed by atoms with Gasteiger partial charge in [-0.25, -0.2) is 0 Å². The molecule has 0 bridgehead atoms. The van der Waals surface area contributed by atoms with Gasteiger partial charge in [-0.2, -0.15) is 0 Å². The van der Waals surface area contributed by atoms with E-state index < -0.39 is 0 Å². The van der Waals surface area contributed by atoms with Crippen molar-refractivity contribution >= 4 is 50.7 Å². The number of carbonyl (C=O) groups is 1. The van der Waals surface area contributed by atoms with Gasteiger partial charge in [0.15, 0.2) is 5.16 Å². The summed E-state index contributed by atoms with van der Waals surface area (Å²) in [4.78, 5) is 25.5. The first-order valence-electron chi connectivity index (χ1n) is 10.3. The Morgan fingerprint density at radius 1 is 1.26 bits per heavy atom. The Bertz CT molecular complexity index is 1290. The Balaban J connectivity index is 1.59. The van der Waals surface area contributed by atoms with Crippen LogP contribution in [-0.4, -0.2) is 30.8 Å². The van der Waals surface area contributed by atoms with Gasteiger partial charge in [0.2, 0.25) is 11.7 Å². The monoisotopic (exact) mass is 455 g/mol. The highest BCUT2D eigenvalue weighted by atomic mass is 32.2. The van der Waals surface area contributed by atoms with Crippen LogP contribution in [0.5, 0.6) is 0 Å². The summed E-state index contributed by atoms with van der Waals surface area (Å²) < 4.78 is 4.27. The fraction of sp³-hybridized carbons (Fsp3) is 0.364. The van der Waals surface area contributed by atoms with Gasteiger partial charge < -0.3 is 5.32 Å². The summed E-state index contributed by atoms with van der Waals surface area (Å²) in [6.45, 7) is 6.93. The first-order valence-corrected chi connectivity index (χ1v) is 12.2. The molecule has 0 aliphatic rings. The molecule has 4 rings (SSSR count). The summed E-state index contributed by atoms with van der Waals surface area (Å²) in [6, 6.07) is 9.76. The van der Waals surface area contributed by atoms with Gasteiger partial charge in [0.1, 0.15) is 4.70 Å². The predicted octanol–water partition coefficient (Wildman–Crippen LogP) is 4.45. The average molecular weight is 456 g/mol. The van der Waals surface area contributed by atoms with Crippen LogP contribution in [0, 0.1) is 5.92 Å². The van der Waals surface area contributed by atoms with Crippen molar-refractivity contribution in [1.82, 2.24) is 19.2 Å². The van der Waals surface area contributed by atoms with Gasteiger partial charge in [-0.1, -0.05) is 44.7 Å². The van der Waals surface area contributed by atoms with Gasteiger partial charge in [0.25, 0.3) is 5.56 Å². The van der Waals surface area contributed by atoms with E-state index in [0.717, 1.165) is 24.0 Å². The fourth-order valence-corrected chi connectivity index (χ4v) is 4.94. The number of carbonyl (C=O) groups excluding carboxylic acids is 1. The summed E-state index contributed by atoms with van der Waals surface area (Å²) in [7, 11) is 0. The second-order valence-corrected chi connectivity index (χ2v) is 9.64. The summed E-state index contributed by atoms with van der Waals surface area (Å²) in [6.07, 6.45) is 1.79. The lowest BCUT2D eigenvalue weighted by Gasteiger charge is -2.10. The third-order valence-electron chi connectivity index (χ3n) is 5.06. The minimum absolute atomic E-state index is 0.0318. The smallest absolute Gasteiger partial charge is 0.272 e. The molecule has 3 heterocycles. The number of benzene rings is 1. The van der Waals surface area contributed by atoms with Gasteiger partial charge in [0.05, 0.1) is 11.3 Å². The highest BCUT2D eigenvalue weighted by Crippen LogP contribution is 2.25. The molecule has 0 spiro atoms. The molecule has 0 aliphatic carbocycles. The zero-order valence-electron chi connectivity index (χ0n) is 17.8. The molecule has 0 radical (unpaired) electrons. The highest BCUT2D eigenvalue weighted by molar-refractivity contribution is 7.99. The minimum Gasteiger partial charge on any atom is -0.325 e. The lowest BCUT2D eigenvalue weighted by molar-refractivity contribution is -0.113. The van der Waals surface area contributed by atoms with Crippen molar-refractivity contribution in [2.45, 2.75) is 45.3 Å². The zero-order chi connectivity index (χ0) is 22.0. The molecule has 1 N–H and O–H groups in total. The molecule has 0 aliphatic heterocycles. The van der Waals surface area contributed by atoms with Crippen LogP contribution in [0.3, 0.4) is 0 Å². The number of aryl methyl sites for hydroxylation is 2. The van der Waals surface area contributed by atoms with Crippen molar-refractivity contribution in [3.63, 3.8) is 0 Å². The van der Waals surface area contributed by atoms with Crippen LogP contribution < -0.4 is 10.9 Å². The number of thioether (sulfide) groups is 1. The Labute approximate surface area is 188 Å². The van der Waals surface area contributed by atoms with E-state index >= 15 is 0 Å². The Morgan fingerprint density at radius 3 is 2.87 bits per heavy atom. The van der Waals surface area contributed by atoms with E-state index in [9.17, 15) is 9.59 Å². The molecule has 0 unspecified atom stereocenters. The Morgan fingerprint density at radius 2 is 2.10 bits per heavy atom. The van der Waals surface area contributed by atoms with E-state index in [4.69, 9.17) is 0 Å². The number of aromatic nitrogens is 4. The second-order valence-electron chi connectivity index (χ2n) is 7.78. The highest BCUT2D eigenvalue weighted by Gasteiger charge is 2.18. The van der Waals surface area contributed by atoms with Gasteiger partial charge in [-0.15, -0.1) is 21.5 Å². The Hall–Kier alpha value is -2.65. The first-order chi connectivity index (χ1) is 15.0. The lowest BCUT2D eigenvalue weighted by atomic mass is 10.1. The van der Waals surface area contributed by atoms with Crippen molar-refractivity contribution in [1.29, 1.82) is 0 Å². The fourth-order valence-electron chi connectivity index (χ4n) is 3.38. The number of nitrogens with zero attached hydrogens (tertiary/aromatic N) is 4. The number of rotatable bonds is 8. The molecule has 7 nitrogen and oxygen atoms in total. The van der Waals surface area contributed by atoms with E-state index in [1.807, 2.05) is 40.1 Å². The molecule has 0 saturated carbocycles. The maximum Gasteiger partial charge on any atom is 0.272 e. The molecular formula is C22H25N5O2S2. The SMILES string of the molecule is CCc1cccc(NC(=O)CSc2nnc3n(CCC(C)C)c(=O)c4sccc4n23)c1. The maximum absolute atomic E-state index is 13.0. The number of fused-ring (bicyclic) bond motifs is 3. The molecule has 3 aromatic heterocycles. The molecule has 1 amide bonds. The number of anilines is 1. The van der Waals surface area contributed by atoms with E-state index in [1.54, 1.807) is 4.57 Å². The molecule has 4 aromatic rings. The van der Waals surface area contributed by atoms with Crippen LogP contribution >= 0.6 is 23.1 Å². The van der Waals surface area contributed by atoms with E-state index in [1.165, 1.54) is 28.7 Å². The molecule has 0 saturated heterocycles. The molecule has 31 heavy (non-hydrogen) atoms. The number of hydrogen-bond acceptors (Lipinski definition) is 6. The molecule has 162 valence electrons. The van der Waals surface area contributed by atoms with Gasteiger partial charge in [-0.3, -0.25) is 18.6 Å². The van der Waals surface area contributed by atoms with Gasteiger partial charge in [0, 0.05) is 12.2 Å². The summed E-state index contributed by atoms with van der Waals surface area (Å²) >= 11 is 2.74. The van der Waals surface area contributed by atoms with Crippen molar-refractivity contribution in [2.75, 3.05) is 11.1 Å². The molecule has 9 heteroatoms. The van der Waals surface area contributed by atoms with Crippen molar-refractivity contribution in [3.05, 3.63) is 51.6 Å². The zero-order valence-corrected chi connectivity index (χ0v) is 19.4. The summed E-state index contributed by atoms with van der Waals surface area (Å²) in [5, 5.41) is 14.1. The van der Waals surface area contributed by atoms with Crippen LogP contribution in [0.2, 0.25) is 0 Å². The average Bonchev–Trinajstić information content (AvgIpc) is 3.39. The molecular weight excluding hydrogens is 430 g/mol. The number of amides is 1. The number of hydrogen-bond donors (Lipinski definition) is 1. The van der Waals surface area contributed by atoms with Crippen LogP contribution in [0.25, 0.3) is 16.0 Å². The quantitative estimate of drug-likeness (QED) is 0.397. The predicted molar refractivity (Wildman–Crippen MR) is 127 cm³/mol. The van der Waals surface area contributed by atoms with Crippen LogP contribution in [0.1, 0.15) is 32.8 Å². The van der Waals surface area contributed by atoms with Gasteiger partial charge >= 0.3 is 0 Å². The molecule has 0 atom stereocenters. The normalized spacial score (nSPS) is 11.6. The van der Waals surface area contributed by atoms with Crippen molar-refractivity contribution in [2.24, 2.45) is 5.92 Å². The van der Waals surface area contributed by atoms with E-state index in [2.05, 4.69) is 36.3 Å². The molecule has 0 fully saturated rings. The minimum atomic E-state index is -0.107. The summed E-state index contributed by atoms with van der Waals surface area (Å²) in [5.74, 6) is 1.09. The molecule has 1 aromatic carbocycles. The van der Waals surface area contributed by atoms with E-state index in [0.29, 0.717) is 28.1 Å². The largest absolute Gasteiger partial charge is 0.325 e. The van der Waals surface area contributed by atoms with Crippen LogP contribution in [0.4, 0.5) is 5.69 Å². The van der Waals surface area contributed by atoms with Crippen LogP contribution in [-0.2, 0) is 17.8 Å². The standard InChI is InChI=1S/C22H25N5O2S2/c1-4-15-6-5-7-16(12-15)23-18(28)13-31-22-25-24-21-26(10-8-14(2)3)20(29)19-17(27(21)22)9-11-30-19/h5-7,9,11-12,14H,4,8,10,13H2,1-3H3,(H,23,28). The van der Waals surface area contributed by atoms with Crippen LogP contribution in [0.15, 0.2) is 45.7 Å². The van der Waals surface area contributed by atoms with E-state index in [-0.39, 0.29) is 17.2 Å². The lowest BCUT2D eigenvalue weighted by Crippen LogP contribution is -2.23. The number of thiophene rings is 1. The third-order valence-corrected chi connectivity index (χ3v) is 6.88. The van der Waals surface area contributed by atoms with Crippen molar-refractivity contribution in [3.8, 4) is 0 Å². The van der Waals surface area contributed by atoms with Gasteiger partial charge in [-0.05, 0) is 47.9 Å². The maximum atomic E-state index is 13.0. The topological polar surface area (TPSA) is 81.3 Å². The first kappa shape index (κ1) is 21.6. The summed E-state index contributed by atoms with van der Waals surface area (Å²) in [5.41, 5.74) is 2.72. The van der Waals surface area contributed by atoms with Crippen molar-refractivity contribution < 1.29 is 4.79 Å². The second kappa shape index (κ2) is 9.23. The Kier molecular flexibility index (Phi) is 6.43.